The van der Waals surface area contributed by atoms with Crippen molar-refractivity contribution in [3.05, 3.63) is 94.0 Å². The topological polar surface area (TPSA) is 96.9 Å². The van der Waals surface area contributed by atoms with E-state index in [-0.39, 0.29) is 5.75 Å². The van der Waals surface area contributed by atoms with E-state index in [2.05, 4.69) is 15.8 Å². The second-order valence-electron chi connectivity index (χ2n) is 6.86. The van der Waals surface area contributed by atoms with Crippen LogP contribution in [0.1, 0.15) is 27.0 Å². The molecule has 0 aliphatic heterocycles. The van der Waals surface area contributed by atoms with Crippen molar-refractivity contribution in [3.8, 4) is 5.75 Å². The Morgan fingerprint density at radius 3 is 2.47 bits per heavy atom. The normalized spacial score (nSPS) is 10.6. The number of nitrogens with one attached hydrogen (secondary N) is 2. The summed E-state index contributed by atoms with van der Waals surface area (Å²) in [7, 11) is 0. The highest BCUT2D eigenvalue weighted by molar-refractivity contribution is 6.40. The van der Waals surface area contributed by atoms with Crippen LogP contribution in [0.2, 0.25) is 5.02 Å². The van der Waals surface area contributed by atoms with Gasteiger partial charge in [0.15, 0.2) is 0 Å². The first kappa shape index (κ1) is 22.7. The quantitative estimate of drug-likeness (QED) is 0.200. The summed E-state index contributed by atoms with van der Waals surface area (Å²) in [4.78, 5) is 36.6. The molecule has 2 N–H and O–H groups in total. The zero-order chi connectivity index (χ0) is 23.1. The van der Waals surface area contributed by atoms with Crippen LogP contribution in [0.25, 0.3) is 0 Å². The van der Waals surface area contributed by atoms with E-state index in [4.69, 9.17) is 16.3 Å². The molecule has 0 aliphatic carbocycles. The molecule has 7 nitrogen and oxygen atoms in total. The van der Waals surface area contributed by atoms with Crippen LogP contribution in [-0.4, -0.2) is 24.0 Å². The van der Waals surface area contributed by atoms with E-state index in [1.54, 1.807) is 67.6 Å². The number of benzene rings is 3. The van der Waals surface area contributed by atoms with Gasteiger partial charge < -0.3 is 10.1 Å². The summed E-state index contributed by atoms with van der Waals surface area (Å²) in [5.41, 5.74) is 5.01. The lowest BCUT2D eigenvalue weighted by Gasteiger charge is -2.09. The molecule has 0 heterocycles. The number of ether oxygens (including phenoxy) is 1. The van der Waals surface area contributed by atoms with Crippen LogP contribution >= 0.6 is 11.6 Å². The van der Waals surface area contributed by atoms with E-state index in [9.17, 15) is 14.4 Å². The Kier molecular flexibility index (Phi) is 7.36. The van der Waals surface area contributed by atoms with Crippen molar-refractivity contribution in [2.75, 3.05) is 5.32 Å². The lowest BCUT2D eigenvalue weighted by molar-refractivity contribution is -0.136. The Labute approximate surface area is 190 Å². The molecule has 32 heavy (non-hydrogen) atoms. The first-order chi connectivity index (χ1) is 15.3. The van der Waals surface area contributed by atoms with E-state index in [1.165, 1.54) is 6.21 Å². The van der Waals surface area contributed by atoms with E-state index >= 15 is 0 Å². The standard InChI is InChI=1S/C24H20ClN3O4/c1-15-7-5-9-17(13-15)24(31)32-21-12-4-3-8-18(21)14-26-28-23(30)22(29)27-20-11-6-10-19(25)16(20)2/h3-14H,1-2H3,(H,27,29)(H,28,30)/b26-14+. The van der Waals surface area contributed by atoms with E-state index in [0.717, 1.165) is 5.56 Å². The predicted molar refractivity (Wildman–Crippen MR) is 123 cm³/mol. The molecule has 2 amide bonds. The number of carbonyl (C=O) groups is 3. The number of nitrogens with zero attached hydrogens (tertiary/aromatic N) is 1. The van der Waals surface area contributed by atoms with Crippen LogP contribution in [0, 0.1) is 13.8 Å². The third-order valence-electron chi connectivity index (χ3n) is 4.47. The molecule has 0 radical (unpaired) electrons. The van der Waals surface area contributed by atoms with Gasteiger partial charge in [0.1, 0.15) is 5.75 Å². The van der Waals surface area contributed by atoms with Gasteiger partial charge in [0.25, 0.3) is 0 Å². The lowest BCUT2D eigenvalue weighted by Crippen LogP contribution is -2.32. The Morgan fingerprint density at radius 1 is 0.938 bits per heavy atom. The molecule has 0 saturated carbocycles. The van der Waals surface area contributed by atoms with E-state index < -0.39 is 17.8 Å². The number of amides is 2. The van der Waals surface area contributed by atoms with Gasteiger partial charge in [-0.25, -0.2) is 10.2 Å². The van der Waals surface area contributed by atoms with Crippen molar-refractivity contribution in [2.45, 2.75) is 13.8 Å². The third-order valence-corrected chi connectivity index (χ3v) is 4.88. The fourth-order valence-corrected chi connectivity index (χ4v) is 2.92. The number of hydrogen-bond donors (Lipinski definition) is 2. The van der Waals surface area contributed by atoms with Crippen molar-refractivity contribution in [1.82, 2.24) is 5.43 Å². The molecule has 0 fully saturated rings. The van der Waals surface area contributed by atoms with Gasteiger partial charge in [-0.15, -0.1) is 0 Å². The molecular weight excluding hydrogens is 430 g/mol. The summed E-state index contributed by atoms with van der Waals surface area (Å²) < 4.78 is 5.46. The van der Waals surface area contributed by atoms with Gasteiger partial charge in [0, 0.05) is 16.3 Å². The Balaban J connectivity index is 1.64. The van der Waals surface area contributed by atoms with Crippen molar-refractivity contribution >= 4 is 41.3 Å². The summed E-state index contributed by atoms with van der Waals surface area (Å²) in [5.74, 6) is -2.12. The van der Waals surface area contributed by atoms with Gasteiger partial charge in [0.2, 0.25) is 0 Å². The van der Waals surface area contributed by atoms with Crippen LogP contribution in [0.4, 0.5) is 5.69 Å². The predicted octanol–water partition coefficient (Wildman–Crippen LogP) is 4.26. The second kappa shape index (κ2) is 10.4. The summed E-state index contributed by atoms with van der Waals surface area (Å²) in [6, 6.07) is 18.7. The van der Waals surface area contributed by atoms with Gasteiger partial charge in [-0.2, -0.15) is 5.10 Å². The number of carbonyl (C=O) groups excluding carboxylic acids is 3. The van der Waals surface area contributed by atoms with Crippen LogP contribution in [0.3, 0.4) is 0 Å². The number of rotatable bonds is 5. The fraction of sp³-hybridized carbons (Fsp3) is 0.0833. The molecule has 0 atom stereocenters. The van der Waals surface area contributed by atoms with Crippen molar-refractivity contribution in [2.24, 2.45) is 5.10 Å². The molecule has 0 aromatic heterocycles. The molecule has 0 aliphatic rings. The van der Waals surface area contributed by atoms with Gasteiger partial charge in [-0.3, -0.25) is 9.59 Å². The first-order valence-electron chi connectivity index (χ1n) is 9.62. The molecule has 0 saturated heterocycles. The average molecular weight is 450 g/mol. The van der Waals surface area contributed by atoms with E-state index in [1.807, 2.05) is 13.0 Å². The van der Waals surface area contributed by atoms with Crippen molar-refractivity contribution < 1.29 is 19.1 Å². The smallest absolute Gasteiger partial charge is 0.343 e. The third kappa shape index (κ3) is 5.80. The number of hydrazone groups is 1. The largest absolute Gasteiger partial charge is 0.422 e. The van der Waals surface area contributed by atoms with Gasteiger partial charge in [-0.1, -0.05) is 47.5 Å². The minimum Gasteiger partial charge on any atom is -0.422 e. The Morgan fingerprint density at radius 2 is 1.69 bits per heavy atom. The number of aryl methyl sites for hydroxylation is 1. The maximum atomic E-state index is 12.4. The molecule has 3 aromatic rings. The first-order valence-corrected chi connectivity index (χ1v) is 10.0. The highest BCUT2D eigenvalue weighted by atomic mass is 35.5. The molecule has 0 bridgehead atoms. The molecule has 0 spiro atoms. The van der Waals surface area contributed by atoms with Crippen molar-refractivity contribution in [3.63, 3.8) is 0 Å². The summed E-state index contributed by atoms with van der Waals surface area (Å²) >= 11 is 6.01. The monoisotopic (exact) mass is 449 g/mol. The minimum absolute atomic E-state index is 0.260. The number of anilines is 1. The van der Waals surface area contributed by atoms with Gasteiger partial charge in [-0.05, 0) is 55.8 Å². The maximum absolute atomic E-state index is 12.4. The molecule has 162 valence electrons. The Bertz CT molecular complexity index is 1210. The number of esters is 1. The summed E-state index contributed by atoms with van der Waals surface area (Å²) in [5, 5.41) is 6.75. The van der Waals surface area contributed by atoms with Crippen LogP contribution in [0.15, 0.2) is 71.8 Å². The zero-order valence-corrected chi connectivity index (χ0v) is 18.1. The zero-order valence-electron chi connectivity index (χ0n) is 17.4. The molecule has 3 rings (SSSR count). The summed E-state index contributed by atoms with van der Waals surface area (Å²) in [6.07, 6.45) is 1.29. The lowest BCUT2D eigenvalue weighted by atomic mass is 10.1. The number of para-hydroxylation sites is 1. The van der Waals surface area contributed by atoms with Gasteiger partial charge >= 0.3 is 17.8 Å². The molecule has 8 heteroatoms. The minimum atomic E-state index is -0.963. The maximum Gasteiger partial charge on any atom is 0.343 e. The highest BCUT2D eigenvalue weighted by Crippen LogP contribution is 2.22. The Hall–Kier alpha value is -3.97. The van der Waals surface area contributed by atoms with Crippen LogP contribution < -0.4 is 15.5 Å². The van der Waals surface area contributed by atoms with E-state index in [0.29, 0.717) is 27.4 Å². The highest BCUT2D eigenvalue weighted by Gasteiger charge is 2.15. The molecule has 0 unspecified atom stereocenters. The van der Waals surface area contributed by atoms with Crippen molar-refractivity contribution in [1.29, 1.82) is 0 Å². The van der Waals surface area contributed by atoms with Crippen LogP contribution in [0.5, 0.6) is 5.75 Å². The summed E-state index contributed by atoms with van der Waals surface area (Å²) in [6.45, 7) is 3.60. The fourth-order valence-electron chi connectivity index (χ4n) is 2.74. The second-order valence-corrected chi connectivity index (χ2v) is 7.27. The van der Waals surface area contributed by atoms with Gasteiger partial charge in [0.05, 0.1) is 11.8 Å². The number of hydrogen-bond acceptors (Lipinski definition) is 5. The molecule has 3 aromatic carbocycles. The SMILES string of the molecule is Cc1cccc(C(=O)Oc2ccccc2/C=N/NC(=O)C(=O)Nc2cccc(Cl)c2C)c1. The average Bonchev–Trinajstić information content (AvgIpc) is 2.78. The van der Waals surface area contributed by atoms with Crippen LogP contribution in [-0.2, 0) is 9.59 Å². The number of halogens is 1. The molecular formula is C24H20ClN3O4.